The molecule has 678 valence electrons. The predicted molar refractivity (Wildman–Crippen MR) is 443 cm³/mol. The van der Waals surface area contributed by atoms with Crippen LogP contribution in [0.4, 0.5) is 24.0 Å². The fraction of sp³-hybridized carbons (Fsp3) is 0.725. The number of ether oxygens (including phenoxy) is 5. The van der Waals surface area contributed by atoms with Crippen LogP contribution >= 0.6 is 15.9 Å². The second-order valence-corrected chi connectivity index (χ2v) is 36.0. The zero-order valence-corrected chi connectivity index (χ0v) is 74.7. The topological polar surface area (TPSA) is 543 Å². The van der Waals surface area contributed by atoms with Gasteiger partial charge in [-0.15, -0.1) is 0 Å². The Hall–Kier alpha value is -9.86. The Balaban J connectivity index is 2.41. The maximum Gasteiger partial charge on any atom is 0.410 e. The van der Waals surface area contributed by atoms with Gasteiger partial charge in [0.25, 0.3) is 0 Å². The second-order valence-electron chi connectivity index (χ2n) is 35.1. The normalized spacial score (nSPS) is 21.3. The van der Waals surface area contributed by atoms with E-state index in [2.05, 4.69) is 103 Å². The average molecular weight is 1770 g/mol. The van der Waals surface area contributed by atoms with Crippen LogP contribution in [0.1, 0.15) is 221 Å². The molecule has 0 aliphatic carbocycles. The number of amides is 16. The number of aliphatic hydroxyl groups is 2. The maximum atomic E-state index is 15.5. The highest BCUT2D eigenvalue weighted by atomic mass is 79.9. The summed E-state index contributed by atoms with van der Waals surface area (Å²) >= 11 is 3.40. The summed E-state index contributed by atoms with van der Waals surface area (Å²) in [5.41, 5.74) is -4.64. The molecule has 14 atom stereocenters. The molecule has 2 bridgehead atoms. The molecule has 3 rings (SSSR count). The smallest absolute Gasteiger partial charge is 0.410 e. The van der Waals surface area contributed by atoms with Crippen LogP contribution in [0.25, 0.3) is 0 Å². The van der Waals surface area contributed by atoms with Gasteiger partial charge in [0.05, 0.1) is 12.2 Å². The first-order valence-corrected chi connectivity index (χ1v) is 41.6. The Bertz CT molecular complexity index is 3650. The van der Waals surface area contributed by atoms with Crippen molar-refractivity contribution in [3.63, 3.8) is 0 Å². The molecule has 40 heteroatoms. The van der Waals surface area contributed by atoms with Gasteiger partial charge in [-0.1, -0.05) is 61.2 Å². The molecular weight excluding hydrogens is 1630 g/mol. The van der Waals surface area contributed by atoms with Gasteiger partial charge in [0.1, 0.15) is 88.4 Å². The Labute approximate surface area is 711 Å². The predicted octanol–water partition coefficient (Wildman–Crippen LogP) is 2.81. The number of halogens is 1. The summed E-state index contributed by atoms with van der Waals surface area (Å²) in [5, 5.41) is 60.7. The summed E-state index contributed by atoms with van der Waals surface area (Å²) in [6, 6.07) is -12.2. The van der Waals surface area contributed by atoms with E-state index in [0.29, 0.717) is 28.8 Å². The second kappa shape index (κ2) is 48.5. The van der Waals surface area contributed by atoms with Gasteiger partial charge >= 0.3 is 30.5 Å². The Morgan fingerprint density at radius 3 is 1.44 bits per heavy atom. The minimum Gasteiger partial charge on any atom is -0.444 e. The Morgan fingerprint density at radius 2 is 0.958 bits per heavy atom. The fourth-order valence-corrected chi connectivity index (χ4v) is 12.2. The lowest BCUT2D eigenvalue weighted by Gasteiger charge is -2.33. The summed E-state index contributed by atoms with van der Waals surface area (Å²) in [5.74, 6) is -11.4. The number of hydrogen-bond acceptors (Lipinski definition) is 23. The molecule has 2 heterocycles. The third-order valence-corrected chi connectivity index (χ3v) is 18.7. The molecule has 1 aromatic rings. The number of carbonyl (C=O) groups excluding carboxylic acids is 16. The van der Waals surface area contributed by atoms with Crippen LogP contribution in [0.2, 0.25) is 0 Å². The largest absolute Gasteiger partial charge is 0.444 e. The quantitative estimate of drug-likeness (QED) is 0.0405. The minimum atomic E-state index is -1.96. The third-order valence-electron chi connectivity index (χ3n) is 18.1. The van der Waals surface area contributed by atoms with Crippen molar-refractivity contribution in [2.75, 3.05) is 39.3 Å². The number of aliphatic hydroxyl groups excluding tert-OH is 2. The zero-order chi connectivity index (χ0) is 91.0. The first-order chi connectivity index (χ1) is 55.5. The monoisotopic (exact) mass is 1760 g/mol. The van der Waals surface area contributed by atoms with Crippen molar-refractivity contribution in [3.8, 4) is 0 Å². The summed E-state index contributed by atoms with van der Waals surface area (Å²) in [6.07, 6.45) is -8.77. The highest BCUT2D eigenvalue weighted by Gasteiger charge is 2.41. The summed E-state index contributed by atoms with van der Waals surface area (Å²) in [7, 11) is 0. The molecule has 1 aromatic carbocycles. The fourth-order valence-electron chi connectivity index (χ4n) is 11.9. The molecule has 0 spiro atoms. The summed E-state index contributed by atoms with van der Waals surface area (Å²) < 4.78 is 28.0. The van der Waals surface area contributed by atoms with E-state index in [0.717, 1.165) is 26.7 Å². The van der Waals surface area contributed by atoms with Gasteiger partial charge < -0.3 is 119 Å². The molecule has 39 nitrogen and oxygen atoms in total. The number of alkyl carbamates (subject to hydrolysis) is 4. The van der Waals surface area contributed by atoms with Gasteiger partial charge in [-0.2, -0.15) is 0 Å². The lowest BCUT2D eigenvalue weighted by molar-refractivity contribution is -0.137. The highest BCUT2D eigenvalue weighted by Crippen LogP contribution is 2.21. The van der Waals surface area contributed by atoms with E-state index in [4.69, 9.17) is 23.7 Å². The molecular formula is C80H133BrN16O23. The average Bonchev–Trinajstić information content (AvgIpc) is 1.63. The number of benzene rings is 1. The van der Waals surface area contributed by atoms with Crippen molar-refractivity contribution in [1.29, 1.82) is 0 Å². The highest BCUT2D eigenvalue weighted by molar-refractivity contribution is 9.10. The van der Waals surface area contributed by atoms with Crippen molar-refractivity contribution in [3.05, 3.63) is 34.3 Å². The van der Waals surface area contributed by atoms with Crippen LogP contribution < -0.4 is 79.8 Å². The standard InChI is InChI=1S/C80H133BrN16O23/c1-21-44(2)24-22-23-25-58(100)87-50(31-37-83-71(111)116-76(6,7)8)65(105)96-60(47(5)99)70(110)92-53(33-39-85-73(113)118-78(12,13)14)62(102)88-51-30-36-82-69(109)59(46(4)98)95-66(106)54(34-40-86-74(114)119-79(15,16)17)90-64(104)55-35-41-97(75(115)120-80(18,19)20)45(3)42-56(67(107)91-55)93-68(108)57(43-48-26-28-49(81)29-27-48)94-63(103)52(89-61(51)101)32-38-84-72(112)117-77(9,10)11/h26-29,44-47,50-57,59-60,98-99H,21-25,30-43H2,1-20H3,(H,82,109)(H,83,111)(H,84,112)(H,85,113)(H,86,114)(H,87,100)(H,88,102)(H,89,101)(H,90,104)(H,91,107)(H,92,110)(H,93,108)(H,94,103)(H,95,106)(H,96,105)/t44?,45?,46?,47?,50-,51-,52-,53-,54-,55-,56-,57+,59-,60-/m0/s1. The lowest BCUT2D eigenvalue weighted by Crippen LogP contribution is -2.62. The molecule has 2 aliphatic heterocycles. The van der Waals surface area contributed by atoms with E-state index in [9.17, 15) is 67.7 Å². The molecule has 4 unspecified atom stereocenters. The number of nitrogens with zero attached hydrogens (tertiary/aromatic N) is 1. The van der Waals surface area contributed by atoms with Gasteiger partial charge in [-0.05, 0) is 200 Å². The van der Waals surface area contributed by atoms with E-state index in [1.165, 1.54) is 4.90 Å². The van der Waals surface area contributed by atoms with Crippen LogP contribution in [0.3, 0.4) is 0 Å². The van der Waals surface area contributed by atoms with Crippen LogP contribution in [0.5, 0.6) is 0 Å². The third kappa shape index (κ3) is 41.4. The Kier molecular flexibility index (Phi) is 42.2. The molecule has 16 amide bonds. The maximum absolute atomic E-state index is 15.5. The number of carbonyl (C=O) groups is 16. The number of unbranched alkanes of at least 4 members (excludes halogenated alkanes) is 1. The molecule has 2 fully saturated rings. The van der Waals surface area contributed by atoms with E-state index < -0.39 is 247 Å². The van der Waals surface area contributed by atoms with Crippen LogP contribution in [-0.2, 0) is 82.8 Å². The molecule has 2 saturated heterocycles. The van der Waals surface area contributed by atoms with E-state index in [-0.39, 0.29) is 51.7 Å². The van der Waals surface area contributed by atoms with Gasteiger partial charge in [0, 0.05) is 62.6 Å². The van der Waals surface area contributed by atoms with Crippen LogP contribution in [-0.4, -0.2) is 257 Å². The molecule has 17 N–H and O–H groups in total. The number of hydrogen-bond donors (Lipinski definition) is 17. The van der Waals surface area contributed by atoms with E-state index in [1.807, 2.05) is 6.92 Å². The summed E-state index contributed by atoms with van der Waals surface area (Å²) in [4.78, 5) is 231. The number of rotatable bonds is 29. The van der Waals surface area contributed by atoms with E-state index >= 15 is 19.2 Å². The zero-order valence-electron chi connectivity index (χ0n) is 73.1. The van der Waals surface area contributed by atoms with Gasteiger partial charge in [-0.25, -0.2) is 24.0 Å². The molecule has 0 radical (unpaired) electrons. The van der Waals surface area contributed by atoms with Gasteiger partial charge in [-0.3, -0.25) is 52.7 Å². The minimum absolute atomic E-state index is 0.00307. The molecule has 0 saturated carbocycles. The van der Waals surface area contributed by atoms with Crippen LogP contribution in [0, 0.1) is 5.92 Å². The number of nitrogens with one attached hydrogen (secondary N) is 15. The first-order valence-electron chi connectivity index (χ1n) is 40.8. The molecule has 2 aliphatic rings. The van der Waals surface area contributed by atoms with Crippen molar-refractivity contribution in [2.24, 2.45) is 5.92 Å². The number of fused-ring (bicyclic) bond motifs is 3. The van der Waals surface area contributed by atoms with Crippen molar-refractivity contribution < 1.29 is 111 Å². The van der Waals surface area contributed by atoms with Gasteiger partial charge in [0.2, 0.25) is 65.0 Å². The van der Waals surface area contributed by atoms with Gasteiger partial charge in [0.15, 0.2) is 0 Å². The van der Waals surface area contributed by atoms with E-state index in [1.54, 1.807) is 135 Å². The van der Waals surface area contributed by atoms with Crippen LogP contribution in [0.15, 0.2) is 28.7 Å². The first kappa shape index (κ1) is 104. The molecule has 120 heavy (non-hydrogen) atoms. The summed E-state index contributed by atoms with van der Waals surface area (Å²) in [6.45, 7) is 29.4. The van der Waals surface area contributed by atoms with Crippen molar-refractivity contribution >= 4 is 111 Å². The Morgan fingerprint density at radius 1 is 0.508 bits per heavy atom. The SMILES string of the molecule is CCC(C)CCCCC(=O)N[C@@H](CCNC(=O)OC(C)(C)C)C(=O)N[C@H](C(=O)N[C@@H](CCNC(=O)OC(C)(C)C)C(=O)N[C@H]1CCNC(=O)[C@H](C(C)O)NC(=O)[C@H](CCNC(=O)OC(C)(C)C)NC(=O)[C@@H]2CCN(C(=O)OC(C)(C)C)C(C)C[C@H](NC(=O)[C@@H](Cc3ccc(Br)cc3)NC(=O)[C@H](CCNC(=O)OC(C)(C)C)NC1=O)C(=O)N2)C(C)O. The van der Waals surface area contributed by atoms with Crippen molar-refractivity contribution in [2.45, 2.75) is 329 Å². The molecule has 0 aromatic heterocycles. The van der Waals surface area contributed by atoms with Crippen molar-refractivity contribution in [1.82, 2.24) is 84.7 Å². The lowest BCUT2D eigenvalue weighted by atomic mass is 10.0.